The van der Waals surface area contributed by atoms with E-state index in [-0.39, 0.29) is 0 Å². The first-order valence-electron chi connectivity index (χ1n) is 6.86. The molecule has 0 saturated heterocycles. The summed E-state index contributed by atoms with van der Waals surface area (Å²) in [5.74, 6) is 2.26. The minimum Gasteiger partial charge on any atom is -0.316 e. The van der Waals surface area contributed by atoms with Crippen molar-refractivity contribution in [3.63, 3.8) is 0 Å². The Bertz CT molecular complexity index is 300. The molecule has 0 fully saturated rings. The first-order chi connectivity index (χ1) is 8.83. The fourth-order valence-corrected chi connectivity index (χ4v) is 2.70. The van der Waals surface area contributed by atoms with E-state index in [1.165, 1.54) is 43.5 Å². The monoisotopic (exact) mass is 285 g/mol. The predicted molar refractivity (Wildman–Crippen MR) is 84.6 cm³/mol. The molecule has 0 aliphatic rings. The molecule has 3 heteroatoms. The van der Waals surface area contributed by atoms with Gasteiger partial charge in [0.2, 0.25) is 0 Å². The second-order valence-electron chi connectivity index (χ2n) is 4.49. The lowest BCUT2D eigenvalue weighted by molar-refractivity contribution is 0.613. The van der Waals surface area contributed by atoms with Crippen molar-refractivity contribution in [2.75, 3.05) is 18.8 Å². The van der Waals surface area contributed by atoms with E-state index in [1.807, 2.05) is 23.9 Å². The number of nitrogens with one attached hydrogen (secondary N) is 1. The van der Waals surface area contributed by atoms with Gasteiger partial charge >= 0.3 is 0 Å². The third-order valence-electron chi connectivity index (χ3n) is 2.81. The summed E-state index contributed by atoms with van der Waals surface area (Å²) in [6.07, 6.45) is 5.36. The van der Waals surface area contributed by atoms with Crippen LogP contribution in [0.25, 0.3) is 0 Å². The summed E-state index contributed by atoms with van der Waals surface area (Å²) >= 11 is 7.82. The van der Waals surface area contributed by atoms with Crippen molar-refractivity contribution >= 4 is 23.4 Å². The van der Waals surface area contributed by atoms with Gasteiger partial charge in [-0.25, -0.2) is 0 Å². The SMILES string of the molecule is CCCCCCNCCSCc1ccc(Cl)cc1. The Morgan fingerprint density at radius 3 is 2.56 bits per heavy atom. The van der Waals surface area contributed by atoms with Crippen LogP contribution < -0.4 is 5.32 Å². The van der Waals surface area contributed by atoms with Gasteiger partial charge in [0.05, 0.1) is 0 Å². The zero-order valence-electron chi connectivity index (χ0n) is 11.3. The molecule has 18 heavy (non-hydrogen) atoms. The molecule has 0 unspecified atom stereocenters. The Balaban J connectivity index is 1.91. The summed E-state index contributed by atoms with van der Waals surface area (Å²) in [4.78, 5) is 0. The van der Waals surface area contributed by atoms with E-state index in [4.69, 9.17) is 11.6 Å². The summed E-state index contributed by atoms with van der Waals surface area (Å²) < 4.78 is 0. The predicted octanol–water partition coefficient (Wildman–Crippen LogP) is 4.74. The molecule has 1 nitrogen and oxygen atoms in total. The molecule has 0 aliphatic heterocycles. The lowest BCUT2D eigenvalue weighted by atomic mass is 10.2. The molecule has 0 aromatic heterocycles. The van der Waals surface area contributed by atoms with Gasteiger partial charge in [0.25, 0.3) is 0 Å². The number of benzene rings is 1. The highest BCUT2D eigenvalue weighted by molar-refractivity contribution is 7.98. The number of hydrogen-bond donors (Lipinski definition) is 1. The van der Waals surface area contributed by atoms with Crippen LogP contribution in [0, 0.1) is 0 Å². The molecule has 0 heterocycles. The number of thioether (sulfide) groups is 1. The minimum absolute atomic E-state index is 0.817. The molecule has 1 aromatic rings. The molecule has 0 amide bonds. The highest BCUT2D eigenvalue weighted by Gasteiger charge is 1.94. The summed E-state index contributed by atoms with van der Waals surface area (Å²) in [5, 5.41) is 4.31. The van der Waals surface area contributed by atoms with Crippen molar-refractivity contribution in [3.05, 3.63) is 34.9 Å². The average Bonchev–Trinajstić information content (AvgIpc) is 2.39. The summed E-state index contributed by atoms with van der Waals surface area (Å²) in [5.41, 5.74) is 1.35. The summed E-state index contributed by atoms with van der Waals surface area (Å²) in [7, 11) is 0. The van der Waals surface area contributed by atoms with Gasteiger partial charge in [0.15, 0.2) is 0 Å². The zero-order valence-corrected chi connectivity index (χ0v) is 12.8. The molecule has 0 bridgehead atoms. The van der Waals surface area contributed by atoms with E-state index in [1.54, 1.807) is 0 Å². The van der Waals surface area contributed by atoms with Crippen molar-refractivity contribution in [1.82, 2.24) is 5.32 Å². The van der Waals surface area contributed by atoms with Gasteiger partial charge in [-0.15, -0.1) is 0 Å². The topological polar surface area (TPSA) is 12.0 Å². The molecule has 0 saturated carbocycles. The molecule has 0 atom stereocenters. The zero-order chi connectivity index (χ0) is 13.1. The normalized spacial score (nSPS) is 10.8. The fourth-order valence-electron chi connectivity index (χ4n) is 1.72. The summed E-state index contributed by atoms with van der Waals surface area (Å²) in [6.45, 7) is 4.53. The lowest BCUT2D eigenvalue weighted by Crippen LogP contribution is -2.18. The van der Waals surface area contributed by atoms with Crippen molar-refractivity contribution in [3.8, 4) is 0 Å². The van der Waals surface area contributed by atoms with Gasteiger partial charge in [0, 0.05) is 23.1 Å². The highest BCUT2D eigenvalue weighted by Crippen LogP contribution is 2.14. The fraction of sp³-hybridized carbons (Fsp3) is 0.600. The van der Waals surface area contributed by atoms with E-state index in [9.17, 15) is 0 Å². The van der Waals surface area contributed by atoms with Crippen LogP contribution in [0.5, 0.6) is 0 Å². The van der Waals surface area contributed by atoms with Crippen LogP contribution in [0.2, 0.25) is 5.02 Å². The maximum atomic E-state index is 5.85. The van der Waals surface area contributed by atoms with Crippen LogP contribution in [-0.2, 0) is 5.75 Å². The van der Waals surface area contributed by atoms with E-state index in [0.717, 1.165) is 17.3 Å². The minimum atomic E-state index is 0.817. The second-order valence-corrected chi connectivity index (χ2v) is 6.03. The van der Waals surface area contributed by atoms with E-state index in [2.05, 4.69) is 24.4 Å². The van der Waals surface area contributed by atoms with Gasteiger partial charge in [-0.05, 0) is 30.7 Å². The van der Waals surface area contributed by atoms with Gasteiger partial charge < -0.3 is 5.32 Å². The molecule has 102 valence electrons. The maximum Gasteiger partial charge on any atom is 0.0406 e. The average molecular weight is 286 g/mol. The van der Waals surface area contributed by atoms with Crippen LogP contribution >= 0.6 is 23.4 Å². The molecular formula is C15H24ClNS. The number of unbranched alkanes of at least 4 members (excludes halogenated alkanes) is 3. The second kappa shape index (κ2) is 10.7. The van der Waals surface area contributed by atoms with Crippen LogP contribution in [0.15, 0.2) is 24.3 Å². The Labute approximate surface area is 121 Å². The smallest absolute Gasteiger partial charge is 0.0406 e. The van der Waals surface area contributed by atoms with Crippen LogP contribution in [0.4, 0.5) is 0 Å². The van der Waals surface area contributed by atoms with Gasteiger partial charge in [0.1, 0.15) is 0 Å². The van der Waals surface area contributed by atoms with Crippen LogP contribution in [0.1, 0.15) is 38.2 Å². The third kappa shape index (κ3) is 8.02. The van der Waals surface area contributed by atoms with Crippen molar-refractivity contribution in [1.29, 1.82) is 0 Å². The largest absolute Gasteiger partial charge is 0.316 e. The third-order valence-corrected chi connectivity index (χ3v) is 4.09. The first-order valence-corrected chi connectivity index (χ1v) is 8.39. The molecular weight excluding hydrogens is 262 g/mol. The van der Waals surface area contributed by atoms with Crippen molar-refractivity contribution in [2.24, 2.45) is 0 Å². The van der Waals surface area contributed by atoms with E-state index >= 15 is 0 Å². The van der Waals surface area contributed by atoms with E-state index in [0.29, 0.717) is 0 Å². The van der Waals surface area contributed by atoms with Gasteiger partial charge in [-0.1, -0.05) is 49.9 Å². The Hall–Kier alpha value is -0.180. The molecule has 0 spiro atoms. The maximum absolute atomic E-state index is 5.85. The Morgan fingerprint density at radius 1 is 1.06 bits per heavy atom. The Morgan fingerprint density at radius 2 is 1.83 bits per heavy atom. The summed E-state index contributed by atoms with van der Waals surface area (Å²) in [6, 6.07) is 8.13. The van der Waals surface area contributed by atoms with E-state index < -0.39 is 0 Å². The van der Waals surface area contributed by atoms with Crippen molar-refractivity contribution < 1.29 is 0 Å². The Kier molecular flexibility index (Phi) is 9.45. The van der Waals surface area contributed by atoms with Crippen LogP contribution in [-0.4, -0.2) is 18.8 Å². The van der Waals surface area contributed by atoms with Crippen molar-refractivity contribution in [2.45, 2.75) is 38.4 Å². The lowest BCUT2D eigenvalue weighted by Gasteiger charge is -2.05. The number of halogens is 1. The number of hydrogen-bond acceptors (Lipinski definition) is 2. The molecule has 1 aromatic carbocycles. The van der Waals surface area contributed by atoms with Crippen LogP contribution in [0.3, 0.4) is 0 Å². The molecule has 0 aliphatic carbocycles. The standard InChI is InChI=1S/C15H24ClNS/c1-2-3-4-5-10-17-11-12-18-13-14-6-8-15(16)9-7-14/h6-9,17H,2-5,10-13H2,1H3. The van der Waals surface area contributed by atoms with Gasteiger partial charge in [-0.3, -0.25) is 0 Å². The van der Waals surface area contributed by atoms with Gasteiger partial charge in [-0.2, -0.15) is 11.8 Å². The molecule has 0 radical (unpaired) electrons. The first kappa shape index (κ1) is 15.9. The highest BCUT2D eigenvalue weighted by atomic mass is 35.5. The molecule has 1 rings (SSSR count). The quantitative estimate of drug-likeness (QED) is 0.623. The number of rotatable bonds is 10. The molecule has 1 N–H and O–H groups in total.